The fourth-order valence-corrected chi connectivity index (χ4v) is 20.1. The van der Waals surface area contributed by atoms with E-state index in [0.717, 1.165) is 5.56 Å². The van der Waals surface area contributed by atoms with Crippen LogP contribution in [-0.2, 0) is 20.7 Å². The second kappa shape index (κ2) is 14.1. The summed E-state index contributed by atoms with van der Waals surface area (Å²) in [5.74, 6) is -0.467. The molecule has 1 unspecified atom stereocenters. The standard InChI is InChI=1S/C15H20NO4.2C4H9.C3H7.Sn/c1-15(2,3)20-14(18)16-12(13(17)19-4)10-11-8-6-5-7-9-11;2*1-3-4-2;1-3-2;/h6-9,12H,10H2,1-4H3,(H,16,18);2*1,3-4H2,2H3;1,3H2,2H3;. The monoisotopic (exact) mass is 555 g/mol. The number of rotatable bonds is 13. The van der Waals surface area contributed by atoms with Crippen molar-refractivity contribution in [1.82, 2.24) is 5.32 Å². The molecule has 32 heavy (non-hydrogen) atoms. The number of carbonyl (C=O) groups is 2. The van der Waals surface area contributed by atoms with E-state index in [4.69, 9.17) is 9.47 Å². The van der Waals surface area contributed by atoms with E-state index >= 15 is 0 Å². The first kappa shape index (κ1) is 28.8. The Morgan fingerprint density at radius 3 is 1.94 bits per heavy atom. The van der Waals surface area contributed by atoms with Crippen LogP contribution < -0.4 is 8.90 Å². The Kier molecular flexibility index (Phi) is 12.7. The van der Waals surface area contributed by atoms with Gasteiger partial charge in [0.05, 0.1) is 0 Å². The molecule has 1 aromatic rings. The number of alkyl carbamates (subject to hydrolysis) is 1. The van der Waals surface area contributed by atoms with Crippen molar-refractivity contribution in [3.63, 3.8) is 0 Å². The van der Waals surface area contributed by atoms with Crippen LogP contribution in [0.2, 0.25) is 13.3 Å². The van der Waals surface area contributed by atoms with E-state index in [1.54, 1.807) is 24.4 Å². The van der Waals surface area contributed by atoms with Crippen molar-refractivity contribution in [2.75, 3.05) is 7.11 Å². The number of esters is 1. The van der Waals surface area contributed by atoms with E-state index in [9.17, 15) is 9.59 Å². The minimum atomic E-state index is -2.44. The third-order valence-corrected chi connectivity index (χ3v) is 22.0. The van der Waals surface area contributed by atoms with Crippen LogP contribution in [-0.4, -0.2) is 49.2 Å². The summed E-state index contributed by atoms with van der Waals surface area (Å²) in [6.45, 7) is 12.3. The number of hydrogen-bond acceptors (Lipinski definition) is 4. The van der Waals surface area contributed by atoms with Crippen LogP contribution in [0.3, 0.4) is 0 Å². The molecule has 1 N–H and O–H groups in total. The first-order chi connectivity index (χ1) is 15.1. The molecular weight excluding hydrogens is 509 g/mol. The Bertz CT molecular complexity index is 689. The fourth-order valence-electron chi connectivity index (χ4n) is 4.33. The van der Waals surface area contributed by atoms with Crippen molar-refractivity contribution < 1.29 is 19.1 Å². The van der Waals surface area contributed by atoms with Crippen LogP contribution in [0.5, 0.6) is 0 Å². The molecule has 0 radical (unpaired) electrons. The number of nitrogens with one attached hydrogen (secondary N) is 1. The molecule has 0 saturated heterocycles. The van der Waals surface area contributed by atoms with Crippen molar-refractivity contribution in [2.45, 2.75) is 105 Å². The average molecular weight is 554 g/mol. The van der Waals surface area contributed by atoms with Gasteiger partial charge in [0.1, 0.15) is 0 Å². The predicted molar refractivity (Wildman–Crippen MR) is 135 cm³/mol. The van der Waals surface area contributed by atoms with Gasteiger partial charge in [-0.1, -0.05) is 0 Å². The molecule has 182 valence electrons. The third-order valence-electron chi connectivity index (χ3n) is 5.93. The third kappa shape index (κ3) is 9.72. The van der Waals surface area contributed by atoms with E-state index in [-0.39, 0.29) is 0 Å². The maximum atomic E-state index is 12.3. The second-order valence-corrected chi connectivity index (χ2v) is 23.1. The first-order valence-electron chi connectivity index (χ1n) is 12.3. The molecule has 0 heterocycles. The molecule has 0 fully saturated rings. The Balaban J connectivity index is 3.06. The zero-order valence-corrected chi connectivity index (χ0v) is 24.2. The number of carbonyl (C=O) groups excluding carboxylic acids is 2. The Morgan fingerprint density at radius 2 is 1.50 bits per heavy atom. The molecule has 1 atom stereocenters. The van der Waals surface area contributed by atoms with Gasteiger partial charge in [0.25, 0.3) is 0 Å². The van der Waals surface area contributed by atoms with Crippen molar-refractivity contribution >= 4 is 34.0 Å². The summed E-state index contributed by atoms with van der Waals surface area (Å²) in [4.78, 5) is 24.5. The predicted octanol–water partition coefficient (Wildman–Crippen LogP) is 5.96. The average Bonchev–Trinajstić information content (AvgIpc) is 2.74. The van der Waals surface area contributed by atoms with E-state index in [1.165, 1.54) is 52.5 Å². The number of ether oxygens (including phenoxy) is 2. The summed E-state index contributed by atoms with van der Waals surface area (Å²) in [5, 5.41) is 2.67. The quantitative estimate of drug-likeness (QED) is 0.242. The fraction of sp³-hybridized carbons (Fsp3) is 0.692. The molecule has 0 spiro atoms. The maximum absolute atomic E-state index is 12.3. The molecule has 1 amide bonds. The van der Waals surface area contributed by atoms with E-state index in [0.29, 0.717) is 6.42 Å². The van der Waals surface area contributed by atoms with E-state index in [2.05, 4.69) is 50.4 Å². The van der Waals surface area contributed by atoms with Crippen molar-refractivity contribution in [3.8, 4) is 0 Å². The van der Waals surface area contributed by atoms with Crippen molar-refractivity contribution in [3.05, 3.63) is 29.8 Å². The summed E-state index contributed by atoms with van der Waals surface area (Å²) < 4.78 is 16.1. The molecule has 0 saturated carbocycles. The van der Waals surface area contributed by atoms with Crippen LogP contribution in [0.4, 0.5) is 4.79 Å². The molecule has 0 aromatic heterocycles. The van der Waals surface area contributed by atoms with Gasteiger partial charge in [-0.05, 0) is 0 Å². The molecule has 6 heteroatoms. The number of methoxy groups -OCH3 is 1. The summed E-state index contributed by atoms with van der Waals surface area (Å²) in [6, 6.07) is 8.13. The zero-order valence-electron chi connectivity index (χ0n) is 21.4. The SMILES string of the molecule is CCC[CH2][Sn]([CH2]CC)([CH2]CCC)[c]1ccc(CC(NC(=O)OC(C)(C)C)C(=O)OC)cc1. The van der Waals surface area contributed by atoms with Gasteiger partial charge in [0.2, 0.25) is 0 Å². The van der Waals surface area contributed by atoms with Gasteiger partial charge in [-0.25, -0.2) is 0 Å². The molecule has 1 rings (SSSR count). The summed E-state index contributed by atoms with van der Waals surface area (Å²) in [7, 11) is 1.34. The normalized spacial score (nSPS) is 12.8. The van der Waals surface area contributed by atoms with Gasteiger partial charge in [0.15, 0.2) is 0 Å². The number of unbranched alkanes of at least 4 members (excludes halogenated alkanes) is 2. The van der Waals surface area contributed by atoms with Gasteiger partial charge in [0, 0.05) is 0 Å². The first-order valence-corrected chi connectivity index (χ1v) is 19.8. The molecule has 0 aliphatic heterocycles. The zero-order chi connectivity index (χ0) is 24.2. The summed E-state index contributed by atoms with van der Waals surface area (Å²) >= 11 is -2.44. The Hall–Kier alpha value is -1.24. The minimum absolute atomic E-state index is 0.381. The number of hydrogen-bond donors (Lipinski definition) is 1. The van der Waals surface area contributed by atoms with Gasteiger partial charge < -0.3 is 0 Å². The van der Waals surface area contributed by atoms with Gasteiger partial charge in [-0.2, -0.15) is 0 Å². The van der Waals surface area contributed by atoms with Gasteiger partial charge >= 0.3 is 200 Å². The molecule has 0 bridgehead atoms. The Morgan fingerprint density at radius 1 is 0.938 bits per heavy atom. The molecule has 1 aromatic carbocycles. The van der Waals surface area contributed by atoms with Gasteiger partial charge in [-0.15, -0.1) is 0 Å². The van der Waals surface area contributed by atoms with Crippen LogP contribution >= 0.6 is 0 Å². The van der Waals surface area contributed by atoms with Crippen LogP contribution in [0.1, 0.15) is 79.2 Å². The van der Waals surface area contributed by atoms with Crippen molar-refractivity contribution in [1.29, 1.82) is 0 Å². The molecule has 0 aliphatic rings. The van der Waals surface area contributed by atoms with Crippen molar-refractivity contribution in [2.24, 2.45) is 0 Å². The topological polar surface area (TPSA) is 64.6 Å². The summed E-state index contributed by atoms with van der Waals surface area (Å²) in [6.07, 6.45) is 6.19. The van der Waals surface area contributed by atoms with Crippen LogP contribution in [0.25, 0.3) is 0 Å². The van der Waals surface area contributed by atoms with Crippen LogP contribution in [0.15, 0.2) is 24.3 Å². The molecule has 0 aliphatic carbocycles. The summed E-state index contributed by atoms with van der Waals surface area (Å²) in [5.41, 5.74) is 0.391. The second-order valence-electron chi connectivity index (χ2n) is 9.86. The van der Waals surface area contributed by atoms with Gasteiger partial charge in [-0.3, -0.25) is 0 Å². The van der Waals surface area contributed by atoms with E-state index in [1.807, 2.05) is 0 Å². The number of amides is 1. The Labute approximate surface area is 199 Å². The number of benzene rings is 1. The van der Waals surface area contributed by atoms with Crippen LogP contribution in [0, 0.1) is 0 Å². The van der Waals surface area contributed by atoms with E-state index < -0.39 is 42.1 Å². The molecule has 5 nitrogen and oxygen atoms in total. The molecular formula is C26H45NO4Sn.